The van der Waals surface area contributed by atoms with Gasteiger partial charge in [0.05, 0.1) is 17.1 Å². The van der Waals surface area contributed by atoms with Crippen molar-refractivity contribution < 1.29 is 0 Å². The highest BCUT2D eigenvalue weighted by molar-refractivity contribution is 9.10. The van der Waals surface area contributed by atoms with Crippen LogP contribution in [-0.2, 0) is 6.42 Å². The van der Waals surface area contributed by atoms with Gasteiger partial charge in [0.1, 0.15) is 0 Å². The first-order valence-corrected chi connectivity index (χ1v) is 7.58. The number of hydrogen-bond donors (Lipinski definition) is 2. The molecule has 4 heteroatoms. The molecule has 1 heterocycles. The molecule has 0 saturated carbocycles. The molecule has 0 radical (unpaired) electrons. The van der Waals surface area contributed by atoms with Crippen molar-refractivity contribution in [2.45, 2.75) is 18.9 Å². The third-order valence-corrected chi connectivity index (χ3v) is 4.38. The number of nitrogens with zero attached hydrogens (tertiary/aromatic N) is 1. The molecule has 20 heavy (non-hydrogen) atoms. The average Bonchev–Trinajstić information content (AvgIpc) is 3.02. The Bertz CT molecular complexity index is 745. The molecule has 1 atom stereocenters. The first-order valence-electron chi connectivity index (χ1n) is 6.79. The van der Waals surface area contributed by atoms with Crippen molar-refractivity contribution in [1.82, 2.24) is 9.97 Å². The quantitative estimate of drug-likeness (QED) is 0.731. The molecule has 0 bridgehead atoms. The van der Waals surface area contributed by atoms with E-state index in [9.17, 15) is 0 Å². The third kappa shape index (κ3) is 2.00. The summed E-state index contributed by atoms with van der Waals surface area (Å²) in [4.78, 5) is 7.92. The zero-order valence-corrected chi connectivity index (χ0v) is 12.4. The van der Waals surface area contributed by atoms with E-state index in [0.29, 0.717) is 6.04 Å². The fraction of sp³-hybridized carbons (Fsp3) is 0.188. The van der Waals surface area contributed by atoms with Crippen molar-refractivity contribution in [3.8, 4) is 0 Å². The summed E-state index contributed by atoms with van der Waals surface area (Å²) in [6.07, 6.45) is 2.23. The normalized spacial score (nSPS) is 17.4. The van der Waals surface area contributed by atoms with Crippen LogP contribution < -0.4 is 5.32 Å². The van der Waals surface area contributed by atoms with Crippen LogP contribution in [0.25, 0.3) is 11.0 Å². The van der Waals surface area contributed by atoms with Crippen LogP contribution in [0.15, 0.2) is 46.9 Å². The molecule has 1 aliphatic carbocycles. The summed E-state index contributed by atoms with van der Waals surface area (Å²) in [5.41, 5.74) is 4.88. The van der Waals surface area contributed by atoms with Gasteiger partial charge in [0.25, 0.3) is 0 Å². The van der Waals surface area contributed by atoms with E-state index < -0.39 is 0 Å². The van der Waals surface area contributed by atoms with Crippen LogP contribution in [-0.4, -0.2) is 9.97 Å². The highest BCUT2D eigenvalue weighted by Gasteiger charge is 2.23. The number of anilines is 1. The second-order valence-electron chi connectivity index (χ2n) is 5.18. The second-order valence-corrected chi connectivity index (χ2v) is 6.10. The van der Waals surface area contributed by atoms with Gasteiger partial charge in [-0.1, -0.05) is 34.1 Å². The number of imidazole rings is 1. The van der Waals surface area contributed by atoms with Gasteiger partial charge in [-0.3, -0.25) is 0 Å². The van der Waals surface area contributed by atoms with E-state index in [-0.39, 0.29) is 0 Å². The van der Waals surface area contributed by atoms with Crippen LogP contribution in [0.4, 0.5) is 5.95 Å². The molecule has 3 nitrogen and oxygen atoms in total. The van der Waals surface area contributed by atoms with E-state index >= 15 is 0 Å². The highest BCUT2D eigenvalue weighted by Crippen LogP contribution is 2.35. The molecule has 100 valence electrons. The van der Waals surface area contributed by atoms with Crippen molar-refractivity contribution in [1.29, 1.82) is 0 Å². The SMILES string of the molecule is Brc1ccc2c(c1)CCC2Nc1nc2ccccc2[nH]1. The molecule has 0 saturated heterocycles. The fourth-order valence-electron chi connectivity index (χ4n) is 2.92. The van der Waals surface area contributed by atoms with Gasteiger partial charge in [-0.05, 0) is 48.2 Å². The first kappa shape index (κ1) is 12.0. The Morgan fingerprint density at radius 1 is 1.20 bits per heavy atom. The molecular formula is C16H14BrN3. The van der Waals surface area contributed by atoms with Gasteiger partial charge in [-0.2, -0.15) is 0 Å². The lowest BCUT2D eigenvalue weighted by molar-refractivity contribution is 0.754. The van der Waals surface area contributed by atoms with Crippen molar-refractivity contribution in [2.24, 2.45) is 0 Å². The molecule has 2 aromatic carbocycles. The summed E-state index contributed by atoms with van der Waals surface area (Å²) in [5, 5.41) is 3.52. The van der Waals surface area contributed by atoms with E-state index in [1.165, 1.54) is 11.1 Å². The fourth-order valence-corrected chi connectivity index (χ4v) is 3.33. The Kier molecular flexibility index (Phi) is 2.77. The third-order valence-electron chi connectivity index (χ3n) is 3.88. The molecule has 1 unspecified atom stereocenters. The summed E-state index contributed by atoms with van der Waals surface area (Å²) >= 11 is 3.54. The number of rotatable bonds is 2. The number of H-pyrrole nitrogens is 1. The Labute approximate surface area is 125 Å². The van der Waals surface area contributed by atoms with E-state index in [0.717, 1.165) is 34.3 Å². The lowest BCUT2D eigenvalue weighted by Crippen LogP contribution is -2.08. The van der Waals surface area contributed by atoms with Gasteiger partial charge in [-0.15, -0.1) is 0 Å². The maximum Gasteiger partial charge on any atom is 0.201 e. The zero-order chi connectivity index (χ0) is 13.5. The molecule has 4 rings (SSSR count). The van der Waals surface area contributed by atoms with Gasteiger partial charge < -0.3 is 10.3 Å². The van der Waals surface area contributed by atoms with Crippen molar-refractivity contribution in [3.63, 3.8) is 0 Å². The Morgan fingerprint density at radius 3 is 3.00 bits per heavy atom. The van der Waals surface area contributed by atoms with E-state index in [1.54, 1.807) is 0 Å². The van der Waals surface area contributed by atoms with E-state index in [4.69, 9.17) is 0 Å². The van der Waals surface area contributed by atoms with Crippen LogP contribution >= 0.6 is 15.9 Å². The first-order chi connectivity index (χ1) is 9.79. The molecule has 2 N–H and O–H groups in total. The minimum absolute atomic E-state index is 0.346. The largest absolute Gasteiger partial charge is 0.349 e. The molecule has 1 aliphatic rings. The lowest BCUT2D eigenvalue weighted by atomic mass is 10.1. The number of aryl methyl sites for hydroxylation is 1. The minimum Gasteiger partial charge on any atom is -0.349 e. The van der Waals surface area contributed by atoms with Crippen LogP contribution in [0.3, 0.4) is 0 Å². The van der Waals surface area contributed by atoms with Crippen molar-refractivity contribution in [2.75, 3.05) is 5.32 Å². The summed E-state index contributed by atoms with van der Waals surface area (Å²) in [6.45, 7) is 0. The maximum absolute atomic E-state index is 4.59. The van der Waals surface area contributed by atoms with E-state index in [2.05, 4.69) is 49.4 Å². The van der Waals surface area contributed by atoms with Gasteiger partial charge in [-0.25, -0.2) is 4.98 Å². The number of hydrogen-bond acceptors (Lipinski definition) is 2. The predicted molar refractivity (Wildman–Crippen MR) is 84.9 cm³/mol. The maximum atomic E-state index is 4.59. The second kappa shape index (κ2) is 4.63. The summed E-state index contributed by atoms with van der Waals surface area (Å²) in [6, 6.07) is 15.0. The minimum atomic E-state index is 0.346. The molecule has 0 aliphatic heterocycles. The molecule has 3 aromatic rings. The summed E-state index contributed by atoms with van der Waals surface area (Å²) in [7, 11) is 0. The number of nitrogens with one attached hydrogen (secondary N) is 2. The topological polar surface area (TPSA) is 40.7 Å². The molecule has 1 aromatic heterocycles. The number of halogens is 1. The van der Waals surface area contributed by atoms with Gasteiger partial charge in [0.15, 0.2) is 0 Å². The van der Waals surface area contributed by atoms with Crippen LogP contribution in [0.1, 0.15) is 23.6 Å². The Hall–Kier alpha value is -1.81. The summed E-state index contributed by atoms with van der Waals surface area (Å²) in [5.74, 6) is 0.854. The Morgan fingerprint density at radius 2 is 2.10 bits per heavy atom. The number of aromatic amines is 1. The number of benzene rings is 2. The van der Waals surface area contributed by atoms with Crippen LogP contribution in [0, 0.1) is 0 Å². The van der Waals surface area contributed by atoms with Gasteiger partial charge >= 0.3 is 0 Å². The standard InChI is InChI=1S/C16H14BrN3/c17-11-6-7-12-10(9-11)5-8-13(12)18-16-19-14-3-1-2-4-15(14)20-16/h1-4,6-7,9,13H,5,8H2,(H2,18,19,20). The molecule has 0 spiro atoms. The highest BCUT2D eigenvalue weighted by atomic mass is 79.9. The molecule has 0 fully saturated rings. The van der Waals surface area contributed by atoms with E-state index in [1.807, 2.05) is 24.3 Å². The Balaban J connectivity index is 1.64. The van der Waals surface area contributed by atoms with Crippen LogP contribution in [0.5, 0.6) is 0 Å². The smallest absolute Gasteiger partial charge is 0.201 e. The van der Waals surface area contributed by atoms with Crippen LogP contribution in [0.2, 0.25) is 0 Å². The van der Waals surface area contributed by atoms with Gasteiger partial charge in [0, 0.05) is 4.47 Å². The lowest BCUT2D eigenvalue weighted by Gasteiger charge is -2.13. The van der Waals surface area contributed by atoms with Crippen molar-refractivity contribution >= 4 is 32.9 Å². The number of aromatic nitrogens is 2. The number of fused-ring (bicyclic) bond motifs is 2. The zero-order valence-electron chi connectivity index (χ0n) is 10.9. The van der Waals surface area contributed by atoms with Gasteiger partial charge in [0.2, 0.25) is 5.95 Å². The average molecular weight is 328 g/mol. The molecular weight excluding hydrogens is 314 g/mol. The monoisotopic (exact) mass is 327 g/mol. The molecule has 0 amide bonds. The predicted octanol–water partition coefficient (Wildman–Crippen LogP) is 4.42. The summed E-state index contributed by atoms with van der Waals surface area (Å²) < 4.78 is 1.15. The number of para-hydroxylation sites is 2. The van der Waals surface area contributed by atoms with Crippen molar-refractivity contribution in [3.05, 3.63) is 58.1 Å².